The Morgan fingerprint density at radius 3 is 2.94 bits per heavy atom. The first-order valence-corrected chi connectivity index (χ1v) is 6.18. The molecule has 1 amide bonds. The summed E-state index contributed by atoms with van der Waals surface area (Å²) in [5, 5.41) is 9.62. The predicted octanol–water partition coefficient (Wildman–Crippen LogP) is 1.26. The summed E-state index contributed by atoms with van der Waals surface area (Å²) in [6, 6.07) is 3.72. The number of carbonyl (C=O) groups excluding carboxylic acids is 1. The van der Waals surface area contributed by atoms with Crippen molar-refractivity contribution in [3.8, 4) is 0 Å². The molecule has 1 aliphatic rings. The van der Waals surface area contributed by atoms with E-state index in [1.807, 2.05) is 34.8 Å². The van der Waals surface area contributed by atoms with Crippen LogP contribution >= 0.6 is 0 Å². The van der Waals surface area contributed by atoms with Gasteiger partial charge in [-0.05, 0) is 31.9 Å². The van der Waals surface area contributed by atoms with E-state index in [0.29, 0.717) is 6.54 Å². The molecule has 4 heteroatoms. The number of amides is 1. The number of nitrogens with zero attached hydrogens (tertiary/aromatic N) is 2. The zero-order chi connectivity index (χ0) is 12.4. The SMILES string of the molecule is CC(O)C1CCCN(C(=O)c2cccn2C)C1. The number of aromatic nitrogens is 1. The van der Waals surface area contributed by atoms with Gasteiger partial charge in [0, 0.05) is 32.3 Å². The molecule has 0 saturated carbocycles. The molecule has 2 rings (SSSR count). The number of aliphatic hydroxyl groups is 1. The monoisotopic (exact) mass is 236 g/mol. The molecule has 94 valence electrons. The van der Waals surface area contributed by atoms with Crippen LogP contribution in [-0.2, 0) is 7.05 Å². The molecule has 0 radical (unpaired) electrons. The van der Waals surface area contributed by atoms with Crippen LogP contribution in [0, 0.1) is 5.92 Å². The van der Waals surface area contributed by atoms with Crippen molar-refractivity contribution in [3.63, 3.8) is 0 Å². The summed E-state index contributed by atoms with van der Waals surface area (Å²) in [4.78, 5) is 14.1. The lowest BCUT2D eigenvalue weighted by Crippen LogP contribution is -2.43. The third-order valence-corrected chi connectivity index (χ3v) is 3.59. The average Bonchev–Trinajstić information content (AvgIpc) is 2.74. The van der Waals surface area contributed by atoms with Gasteiger partial charge in [0.05, 0.1) is 6.10 Å². The van der Waals surface area contributed by atoms with E-state index in [0.717, 1.165) is 25.1 Å². The highest BCUT2D eigenvalue weighted by molar-refractivity contribution is 5.92. The summed E-state index contributed by atoms with van der Waals surface area (Å²) in [6.45, 7) is 3.27. The van der Waals surface area contributed by atoms with E-state index in [2.05, 4.69) is 0 Å². The van der Waals surface area contributed by atoms with Gasteiger partial charge in [-0.15, -0.1) is 0 Å². The summed E-state index contributed by atoms with van der Waals surface area (Å²) in [7, 11) is 1.88. The highest BCUT2D eigenvalue weighted by Crippen LogP contribution is 2.21. The molecule has 2 atom stereocenters. The molecule has 2 unspecified atom stereocenters. The molecule has 1 fully saturated rings. The number of hydrogen-bond donors (Lipinski definition) is 1. The van der Waals surface area contributed by atoms with Crippen molar-refractivity contribution >= 4 is 5.91 Å². The predicted molar refractivity (Wildman–Crippen MR) is 65.7 cm³/mol. The minimum Gasteiger partial charge on any atom is -0.393 e. The van der Waals surface area contributed by atoms with Crippen molar-refractivity contribution < 1.29 is 9.90 Å². The third-order valence-electron chi connectivity index (χ3n) is 3.59. The Balaban J connectivity index is 2.07. The minimum absolute atomic E-state index is 0.0721. The molecule has 17 heavy (non-hydrogen) atoms. The highest BCUT2D eigenvalue weighted by atomic mass is 16.3. The average molecular weight is 236 g/mol. The standard InChI is InChI=1S/C13H20N2O2/c1-10(16)11-5-3-8-15(9-11)13(17)12-6-4-7-14(12)2/h4,6-7,10-11,16H,3,5,8-9H2,1-2H3. The first-order valence-electron chi connectivity index (χ1n) is 6.18. The van der Waals surface area contributed by atoms with E-state index < -0.39 is 0 Å². The summed E-state index contributed by atoms with van der Waals surface area (Å²) in [6.07, 6.45) is 3.53. The second kappa shape index (κ2) is 4.92. The smallest absolute Gasteiger partial charge is 0.270 e. The lowest BCUT2D eigenvalue weighted by molar-refractivity contribution is 0.0459. The highest BCUT2D eigenvalue weighted by Gasteiger charge is 2.27. The maximum absolute atomic E-state index is 12.3. The Morgan fingerprint density at radius 1 is 1.59 bits per heavy atom. The first-order chi connectivity index (χ1) is 8.09. The van der Waals surface area contributed by atoms with E-state index >= 15 is 0 Å². The van der Waals surface area contributed by atoms with Crippen molar-refractivity contribution in [2.24, 2.45) is 13.0 Å². The number of aryl methyl sites for hydroxylation is 1. The van der Waals surface area contributed by atoms with Gasteiger partial charge in [-0.2, -0.15) is 0 Å². The van der Waals surface area contributed by atoms with Gasteiger partial charge in [0.25, 0.3) is 5.91 Å². The number of piperidine rings is 1. The van der Waals surface area contributed by atoms with Crippen molar-refractivity contribution in [2.75, 3.05) is 13.1 Å². The van der Waals surface area contributed by atoms with Crippen molar-refractivity contribution in [3.05, 3.63) is 24.0 Å². The Morgan fingerprint density at radius 2 is 2.35 bits per heavy atom. The summed E-state index contributed by atoms with van der Waals surface area (Å²) in [5.74, 6) is 0.288. The molecule has 2 heterocycles. The molecule has 0 aliphatic carbocycles. The molecule has 1 saturated heterocycles. The lowest BCUT2D eigenvalue weighted by atomic mass is 9.93. The zero-order valence-corrected chi connectivity index (χ0v) is 10.5. The first kappa shape index (κ1) is 12.2. The number of likely N-dealkylation sites (tertiary alicyclic amines) is 1. The second-order valence-corrected chi connectivity index (χ2v) is 4.90. The van der Waals surface area contributed by atoms with Gasteiger partial charge in [-0.25, -0.2) is 0 Å². The third kappa shape index (κ3) is 2.52. The van der Waals surface area contributed by atoms with Gasteiger partial charge >= 0.3 is 0 Å². The van der Waals surface area contributed by atoms with Gasteiger partial charge < -0.3 is 14.6 Å². The summed E-state index contributed by atoms with van der Waals surface area (Å²) in [5.41, 5.74) is 0.719. The van der Waals surface area contributed by atoms with Crippen molar-refractivity contribution in [1.82, 2.24) is 9.47 Å². The largest absolute Gasteiger partial charge is 0.393 e. The van der Waals surface area contributed by atoms with Crippen LogP contribution in [0.1, 0.15) is 30.3 Å². The van der Waals surface area contributed by atoms with E-state index in [-0.39, 0.29) is 17.9 Å². The van der Waals surface area contributed by atoms with E-state index in [9.17, 15) is 9.90 Å². The van der Waals surface area contributed by atoms with Gasteiger partial charge in [-0.3, -0.25) is 4.79 Å². The fourth-order valence-electron chi connectivity index (χ4n) is 2.43. The van der Waals surface area contributed by atoms with Crippen LogP contribution in [0.4, 0.5) is 0 Å². The Hall–Kier alpha value is -1.29. The maximum Gasteiger partial charge on any atom is 0.270 e. The Bertz CT molecular complexity index is 398. The fourth-order valence-corrected chi connectivity index (χ4v) is 2.43. The second-order valence-electron chi connectivity index (χ2n) is 4.90. The quantitative estimate of drug-likeness (QED) is 0.840. The Kier molecular flexibility index (Phi) is 3.52. The Labute approximate surface area is 102 Å². The fraction of sp³-hybridized carbons (Fsp3) is 0.615. The molecule has 1 aromatic rings. The number of rotatable bonds is 2. The van der Waals surface area contributed by atoms with Crippen molar-refractivity contribution in [2.45, 2.75) is 25.9 Å². The van der Waals surface area contributed by atoms with Crippen LogP contribution in [0.2, 0.25) is 0 Å². The zero-order valence-electron chi connectivity index (χ0n) is 10.5. The number of carbonyl (C=O) groups is 1. The summed E-state index contributed by atoms with van der Waals surface area (Å²) >= 11 is 0. The van der Waals surface area contributed by atoms with Crippen molar-refractivity contribution in [1.29, 1.82) is 0 Å². The summed E-state index contributed by atoms with van der Waals surface area (Å²) < 4.78 is 1.84. The van der Waals surface area contributed by atoms with Crippen LogP contribution in [0.5, 0.6) is 0 Å². The van der Waals surface area contributed by atoms with Crippen LogP contribution in [-0.4, -0.2) is 39.7 Å². The normalized spacial score (nSPS) is 22.5. The topological polar surface area (TPSA) is 45.5 Å². The molecule has 0 bridgehead atoms. The molecule has 0 aromatic carbocycles. The molecule has 1 aliphatic heterocycles. The molecule has 1 N–H and O–H groups in total. The number of hydrogen-bond acceptors (Lipinski definition) is 2. The molecule has 1 aromatic heterocycles. The van der Waals surface area contributed by atoms with E-state index in [4.69, 9.17) is 0 Å². The molecule has 4 nitrogen and oxygen atoms in total. The van der Waals surface area contributed by atoms with Crippen LogP contribution in [0.15, 0.2) is 18.3 Å². The minimum atomic E-state index is -0.334. The van der Waals surface area contributed by atoms with Crippen LogP contribution < -0.4 is 0 Å². The van der Waals surface area contributed by atoms with E-state index in [1.165, 1.54) is 0 Å². The van der Waals surface area contributed by atoms with Gasteiger partial charge in [0.15, 0.2) is 0 Å². The lowest BCUT2D eigenvalue weighted by Gasteiger charge is -2.34. The molecular weight excluding hydrogens is 216 g/mol. The van der Waals surface area contributed by atoms with Gasteiger partial charge in [0.2, 0.25) is 0 Å². The van der Waals surface area contributed by atoms with E-state index in [1.54, 1.807) is 6.92 Å². The molecular formula is C13H20N2O2. The number of aliphatic hydroxyl groups excluding tert-OH is 1. The van der Waals surface area contributed by atoms with Gasteiger partial charge in [0.1, 0.15) is 5.69 Å². The van der Waals surface area contributed by atoms with Crippen LogP contribution in [0.25, 0.3) is 0 Å². The molecule has 0 spiro atoms. The van der Waals surface area contributed by atoms with Gasteiger partial charge in [-0.1, -0.05) is 0 Å². The van der Waals surface area contributed by atoms with Crippen LogP contribution in [0.3, 0.4) is 0 Å². The maximum atomic E-state index is 12.3.